The summed E-state index contributed by atoms with van der Waals surface area (Å²) in [6, 6.07) is 7.11. The predicted molar refractivity (Wildman–Crippen MR) is 98.9 cm³/mol. The predicted octanol–water partition coefficient (Wildman–Crippen LogP) is 2.86. The van der Waals surface area contributed by atoms with Gasteiger partial charge in [0, 0.05) is 0 Å². The second-order valence-electron chi connectivity index (χ2n) is 8.98. The van der Waals surface area contributed by atoms with E-state index in [0.717, 1.165) is 32.1 Å². The van der Waals surface area contributed by atoms with Gasteiger partial charge in [-0.25, -0.2) is 4.98 Å². The molecular formula is C21H24N2O4. The number of aliphatic hydroxyl groups is 1. The minimum atomic E-state index is -0.706. The van der Waals surface area contributed by atoms with Crippen LogP contribution in [-0.2, 0) is 9.53 Å². The number of benzene rings is 1. The molecule has 2 unspecified atom stereocenters. The van der Waals surface area contributed by atoms with E-state index >= 15 is 0 Å². The molecule has 4 bridgehead atoms. The molecule has 2 N–H and O–H groups in total. The number of carbonyl (C=O) groups excluding carboxylic acids is 1. The fraction of sp³-hybridized carbons (Fsp3) is 0.571. The van der Waals surface area contributed by atoms with Crippen LogP contribution in [-0.4, -0.2) is 26.6 Å². The smallest absolute Gasteiger partial charge is 0.312 e. The summed E-state index contributed by atoms with van der Waals surface area (Å²) in [5.41, 5.74) is -0.933. The Morgan fingerprint density at radius 3 is 2.67 bits per heavy atom. The lowest BCUT2D eigenvalue weighted by Crippen LogP contribution is -2.58. The number of nitrogens with zero attached hydrogens (tertiary/aromatic N) is 1. The zero-order valence-corrected chi connectivity index (χ0v) is 15.4. The molecule has 6 rings (SSSR count). The van der Waals surface area contributed by atoms with Gasteiger partial charge in [-0.05, 0) is 69.4 Å². The standard InChI is InChI=1S/C21H24N2O4/c1-12(17-22-16-5-3-2-4-15(16)18(24)23-17)27-19(25)20-7-13-6-14(8-20)10-21(26,9-13)11-20/h2-5,12-14,26H,6-11H2,1H3,(H,22,23,24)/t12-,13-,14+,20?,21?/m0/s1. The first-order valence-electron chi connectivity index (χ1n) is 9.78. The molecule has 4 saturated carbocycles. The first-order valence-corrected chi connectivity index (χ1v) is 9.78. The Bertz CT molecular complexity index is 968. The van der Waals surface area contributed by atoms with Crippen molar-refractivity contribution in [2.45, 2.75) is 57.2 Å². The van der Waals surface area contributed by atoms with Gasteiger partial charge in [0.2, 0.25) is 0 Å². The van der Waals surface area contributed by atoms with E-state index in [0.29, 0.717) is 35.0 Å². The SMILES string of the molecule is C[C@H](OC(=O)C12C[C@@H]3C[C@@H](CC(O)(C3)C1)C2)c1nc2ccccc2c(=O)[nH]1. The van der Waals surface area contributed by atoms with E-state index in [-0.39, 0.29) is 11.5 Å². The van der Waals surface area contributed by atoms with Crippen molar-refractivity contribution in [3.8, 4) is 0 Å². The van der Waals surface area contributed by atoms with Crippen LogP contribution >= 0.6 is 0 Å². The van der Waals surface area contributed by atoms with E-state index in [1.54, 1.807) is 25.1 Å². The van der Waals surface area contributed by atoms with Crippen molar-refractivity contribution in [3.63, 3.8) is 0 Å². The maximum atomic E-state index is 13.1. The molecule has 142 valence electrons. The third-order valence-electron chi connectivity index (χ3n) is 6.76. The molecule has 6 heteroatoms. The van der Waals surface area contributed by atoms with Gasteiger partial charge in [0.25, 0.3) is 5.56 Å². The molecule has 4 aliphatic rings. The normalized spacial score (nSPS) is 35.3. The number of fused-ring (bicyclic) bond motifs is 1. The Hall–Kier alpha value is -2.21. The fourth-order valence-electron chi connectivity index (χ4n) is 6.09. The highest BCUT2D eigenvalue weighted by Crippen LogP contribution is 2.62. The molecule has 4 fully saturated rings. The second kappa shape index (κ2) is 5.64. The highest BCUT2D eigenvalue weighted by atomic mass is 16.5. The van der Waals surface area contributed by atoms with Crippen LogP contribution in [0.3, 0.4) is 0 Å². The van der Waals surface area contributed by atoms with Crippen LogP contribution in [0.1, 0.15) is 57.4 Å². The Labute approximate surface area is 157 Å². The molecule has 0 saturated heterocycles. The molecule has 4 aliphatic carbocycles. The van der Waals surface area contributed by atoms with Crippen LogP contribution in [0.25, 0.3) is 10.9 Å². The van der Waals surface area contributed by atoms with Crippen molar-refractivity contribution in [2.24, 2.45) is 17.3 Å². The van der Waals surface area contributed by atoms with Crippen LogP contribution in [0.4, 0.5) is 0 Å². The molecule has 2 aromatic rings. The molecule has 5 atom stereocenters. The molecule has 0 spiro atoms. The lowest BCUT2D eigenvalue weighted by molar-refractivity contribution is -0.200. The van der Waals surface area contributed by atoms with Crippen molar-refractivity contribution in [3.05, 3.63) is 40.4 Å². The summed E-state index contributed by atoms with van der Waals surface area (Å²) >= 11 is 0. The summed E-state index contributed by atoms with van der Waals surface area (Å²) < 4.78 is 5.79. The van der Waals surface area contributed by atoms with Gasteiger partial charge in [0.1, 0.15) is 0 Å². The Morgan fingerprint density at radius 2 is 1.96 bits per heavy atom. The van der Waals surface area contributed by atoms with E-state index in [2.05, 4.69) is 9.97 Å². The number of aromatic nitrogens is 2. The average Bonchev–Trinajstić information content (AvgIpc) is 2.59. The number of carbonyl (C=O) groups is 1. The molecule has 0 amide bonds. The number of ether oxygens (including phenoxy) is 1. The van der Waals surface area contributed by atoms with E-state index in [9.17, 15) is 14.7 Å². The van der Waals surface area contributed by atoms with Crippen molar-refractivity contribution in [1.29, 1.82) is 0 Å². The molecule has 27 heavy (non-hydrogen) atoms. The quantitative estimate of drug-likeness (QED) is 0.813. The van der Waals surface area contributed by atoms with Crippen molar-refractivity contribution in [2.75, 3.05) is 0 Å². The molecule has 1 aromatic heterocycles. The monoisotopic (exact) mass is 368 g/mol. The summed E-state index contributed by atoms with van der Waals surface area (Å²) in [4.78, 5) is 32.6. The Balaban J connectivity index is 1.41. The number of H-pyrrole nitrogens is 1. The second-order valence-corrected chi connectivity index (χ2v) is 8.98. The number of hydrogen-bond donors (Lipinski definition) is 2. The largest absolute Gasteiger partial charge is 0.454 e. The van der Waals surface area contributed by atoms with E-state index in [4.69, 9.17) is 4.74 Å². The van der Waals surface area contributed by atoms with Gasteiger partial charge in [-0.15, -0.1) is 0 Å². The van der Waals surface area contributed by atoms with E-state index < -0.39 is 17.1 Å². The van der Waals surface area contributed by atoms with Gasteiger partial charge < -0.3 is 14.8 Å². The van der Waals surface area contributed by atoms with Crippen LogP contribution in [0.2, 0.25) is 0 Å². The van der Waals surface area contributed by atoms with Gasteiger partial charge in [-0.1, -0.05) is 12.1 Å². The summed E-state index contributed by atoms with van der Waals surface area (Å²) in [5, 5.41) is 11.4. The Morgan fingerprint density at radius 1 is 1.26 bits per heavy atom. The van der Waals surface area contributed by atoms with Gasteiger partial charge in [-0.2, -0.15) is 0 Å². The minimum Gasteiger partial charge on any atom is -0.454 e. The fourth-order valence-corrected chi connectivity index (χ4v) is 6.09. The topological polar surface area (TPSA) is 92.3 Å². The van der Waals surface area contributed by atoms with Gasteiger partial charge >= 0.3 is 5.97 Å². The molecular weight excluding hydrogens is 344 g/mol. The molecule has 0 aliphatic heterocycles. The van der Waals surface area contributed by atoms with Crippen LogP contribution in [0.5, 0.6) is 0 Å². The molecule has 6 nitrogen and oxygen atoms in total. The zero-order valence-electron chi connectivity index (χ0n) is 15.4. The summed E-state index contributed by atoms with van der Waals surface area (Å²) in [6.45, 7) is 1.74. The minimum absolute atomic E-state index is 0.234. The van der Waals surface area contributed by atoms with E-state index in [1.807, 2.05) is 6.07 Å². The first kappa shape index (κ1) is 16.9. The summed E-state index contributed by atoms with van der Waals surface area (Å²) in [5.74, 6) is 0.934. The third-order valence-corrected chi connectivity index (χ3v) is 6.76. The third kappa shape index (κ3) is 2.69. The number of aromatic amines is 1. The average molecular weight is 368 g/mol. The summed E-state index contributed by atoms with van der Waals surface area (Å²) in [7, 11) is 0. The van der Waals surface area contributed by atoms with Crippen LogP contribution in [0.15, 0.2) is 29.1 Å². The number of esters is 1. The van der Waals surface area contributed by atoms with Gasteiger partial charge in [0.05, 0.1) is 21.9 Å². The Kier molecular flexibility index (Phi) is 3.54. The highest BCUT2D eigenvalue weighted by Gasteiger charge is 2.61. The highest BCUT2D eigenvalue weighted by molar-refractivity contribution is 5.79. The van der Waals surface area contributed by atoms with E-state index in [1.165, 1.54) is 0 Å². The molecule has 1 heterocycles. The number of nitrogens with one attached hydrogen (secondary N) is 1. The van der Waals surface area contributed by atoms with Crippen molar-refractivity contribution >= 4 is 16.9 Å². The van der Waals surface area contributed by atoms with Crippen molar-refractivity contribution < 1.29 is 14.6 Å². The lowest BCUT2D eigenvalue weighted by atomic mass is 9.48. The zero-order chi connectivity index (χ0) is 18.8. The number of para-hydroxylation sites is 1. The molecule has 1 aromatic carbocycles. The van der Waals surface area contributed by atoms with Crippen LogP contribution < -0.4 is 5.56 Å². The maximum Gasteiger partial charge on any atom is 0.312 e. The number of rotatable bonds is 3. The van der Waals surface area contributed by atoms with Gasteiger partial charge in [-0.3, -0.25) is 9.59 Å². The maximum absolute atomic E-state index is 13.1. The first-order chi connectivity index (χ1) is 12.9. The lowest BCUT2D eigenvalue weighted by Gasteiger charge is -2.58. The van der Waals surface area contributed by atoms with Gasteiger partial charge in [0.15, 0.2) is 11.9 Å². The molecule has 0 radical (unpaired) electrons. The van der Waals surface area contributed by atoms with Crippen LogP contribution in [0, 0.1) is 17.3 Å². The van der Waals surface area contributed by atoms with Crippen molar-refractivity contribution in [1.82, 2.24) is 9.97 Å². The number of hydrogen-bond acceptors (Lipinski definition) is 5. The summed E-state index contributed by atoms with van der Waals surface area (Å²) in [6.07, 6.45) is 4.21.